The average Bonchev–Trinajstić information content (AvgIpc) is 2.87. The molecule has 6 nitrogen and oxygen atoms in total. The first-order valence-corrected chi connectivity index (χ1v) is 6.95. The number of pyridine rings is 1. The zero-order valence-electron chi connectivity index (χ0n) is 11.2. The number of nitrogens with two attached hydrogens (primary N) is 1. The summed E-state index contributed by atoms with van der Waals surface area (Å²) in [5, 5.41) is 3.26. The summed E-state index contributed by atoms with van der Waals surface area (Å²) in [5.74, 6) is 0.283. The van der Waals surface area contributed by atoms with Gasteiger partial charge in [0, 0.05) is 11.6 Å². The summed E-state index contributed by atoms with van der Waals surface area (Å²) in [5.41, 5.74) is 7.59. The molecule has 1 amide bonds. The number of aromatic nitrogens is 2. The number of anilines is 2. The molecule has 1 aromatic carbocycles. The minimum absolute atomic E-state index is 0.212. The van der Waals surface area contributed by atoms with Gasteiger partial charge in [-0.2, -0.15) is 0 Å². The standard InChI is InChI=1S/C14H12N4O2S/c1-20-12-5-3-9(7-16-12)17-13(19)8-2-4-10-11(6-8)21-14(15)18-10/h2-7H,1H3,(H2,15,18)(H,17,19). The van der Waals surface area contributed by atoms with E-state index in [2.05, 4.69) is 15.3 Å². The van der Waals surface area contributed by atoms with Crippen LogP contribution in [0.1, 0.15) is 10.4 Å². The lowest BCUT2D eigenvalue weighted by Crippen LogP contribution is -2.11. The molecule has 21 heavy (non-hydrogen) atoms. The number of hydrogen-bond donors (Lipinski definition) is 2. The molecule has 106 valence electrons. The van der Waals surface area contributed by atoms with Crippen LogP contribution in [0, 0.1) is 0 Å². The van der Waals surface area contributed by atoms with Crippen molar-refractivity contribution in [2.45, 2.75) is 0 Å². The third-order valence-corrected chi connectivity index (χ3v) is 3.72. The molecule has 0 aliphatic heterocycles. The number of hydrogen-bond acceptors (Lipinski definition) is 6. The molecule has 0 saturated heterocycles. The molecule has 3 aromatic rings. The summed E-state index contributed by atoms with van der Waals surface area (Å²) >= 11 is 1.35. The molecule has 7 heteroatoms. The van der Waals surface area contributed by atoms with Gasteiger partial charge in [-0.1, -0.05) is 11.3 Å². The summed E-state index contributed by atoms with van der Waals surface area (Å²) in [4.78, 5) is 20.4. The number of amides is 1. The van der Waals surface area contributed by atoms with E-state index in [4.69, 9.17) is 10.5 Å². The molecular formula is C14H12N4O2S. The van der Waals surface area contributed by atoms with Crippen LogP contribution in [-0.4, -0.2) is 23.0 Å². The Balaban J connectivity index is 1.82. The first kappa shape index (κ1) is 13.3. The Morgan fingerprint density at radius 1 is 1.33 bits per heavy atom. The van der Waals surface area contributed by atoms with Crippen molar-refractivity contribution in [1.82, 2.24) is 9.97 Å². The number of carbonyl (C=O) groups excluding carboxylic acids is 1. The van der Waals surface area contributed by atoms with Crippen LogP contribution in [0.15, 0.2) is 36.5 Å². The SMILES string of the molecule is COc1ccc(NC(=O)c2ccc3nc(N)sc3c2)cn1. The van der Waals surface area contributed by atoms with E-state index in [0.717, 1.165) is 10.2 Å². The molecule has 0 radical (unpaired) electrons. The number of nitrogens with zero attached hydrogens (tertiary/aromatic N) is 2. The van der Waals surface area contributed by atoms with Crippen molar-refractivity contribution in [3.8, 4) is 5.88 Å². The summed E-state index contributed by atoms with van der Waals surface area (Å²) in [6.45, 7) is 0. The quantitative estimate of drug-likeness (QED) is 0.775. The Kier molecular flexibility index (Phi) is 3.41. The van der Waals surface area contributed by atoms with Crippen LogP contribution in [0.2, 0.25) is 0 Å². The van der Waals surface area contributed by atoms with Gasteiger partial charge in [0.15, 0.2) is 5.13 Å². The molecule has 0 atom stereocenters. The second-order valence-corrected chi connectivity index (χ2v) is 5.34. The summed E-state index contributed by atoms with van der Waals surface area (Å²) < 4.78 is 5.85. The molecule has 0 aliphatic carbocycles. The Morgan fingerprint density at radius 3 is 2.90 bits per heavy atom. The highest BCUT2D eigenvalue weighted by Gasteiger charge is 2.09. The van der Waals surface area contributed by atoms with Crippen molar-refractivity contribution in [3.63, 3.8) is 0 Å². The molecule has 0 spiro atoms. The van der Waals surface area contributed by atoms with E-state index < -0.39 is 0 Å². The monoisotopic (exact) mass is 300 g/mol. The number of nitrogen functional groups attached to an aromatic ring is 1. The van der Waals surface area contributed by atoms with Crippen LogP contribution >= 0.6 is 11.3 Å². The summed E-state index contributed by atoms with van der Waals surface area (Å²) in [7, 11) is 1.54. The second-order valence-electron chi connectivity index (χ2n) is 4.28. The molecule has 0 fully saturated rings. The molecular weight excluding hydrogens is 288 g/mol. The average molecular weight is 300 g/mol. The van der Waals surface area contributed by atoms with Crippen molar-refractivity contribution in [1.29, 1.82) is 0 Å². The van der Waals surface area contributed by atoms with Gasteiger partial charge in [-0.25, -0.2) is 9.97 Å². The van der Waals surface area contributed by atoms with Gasteiger partial charge < -0.3 is 15.8 Å². The Hall–Kier alpha value is -2.67. The minimum Gasteiger partial charge on any atom is -0.481 e. The number of nitrogens with one attached hydrogen (secondary N) is 1. The van der Waals surface area contributed by atoms with Crippen LogP contribution in [0.5, 0.6) is 5.88 Å². The van der Waals surface area contributed by atoms with Crippen LogP contribution in [0.3, 0.4) is 0 Å². The number of rotatable bonds is 3. The van der Waals surface area contributed by atoms with Crippen molar-refractivity contribution < 1.29 is 9.53 Å². The third-order valence-electron chi connectivity index (χ3n) is 2.87. The first-order valence-electron chi connectivity index (χ1n) is 6.13. The van der Waals surface area contributed by atoms with Crippen molar-refractivity contribution in [2.75, 3.05) is 18.2 Å². The second kappa shape index (κ2) is 5.37. The molecule has 2 heterocycles. The fourth-order valence-corrected chi connectivity index (χ4v) is 2.64. The van der Waals surface area contributed by atoms with Gasteiger partial charge in [0.05, 0.1) is 29.2 Å². The highest BCUT2D eigenvalue weighted by Crippen LogP contribution is 2.25. The Bertz CT molecular complexity index is 798. The predicted molar refractivity (Wildman–Crippen MR) is 82.8 cm³/mol. The topological polar surface area (TPSA) is 90.1 Å². The maximum atomic E-state index is 12.2. The van der Waals surface area contributed by atoms with Gasteiger partial charge in [0.2, 0.25) is 5.88 Å². The molecule has 0 bridgehead atoms. The zero-order valence-corrected chi connectivity index (χ0v) is 12.0. The largest absolute Gasteiger partial charge is 0.481 e. The van der Waals surface area contributed by atoms with E-state index in [1.807, 2.05) is 0 Å². The van der Waals surface area contributed by atoms with Crippen LogP contribution in [-0.2, 0) is 0 Å². The fourth-order valence-electron chi connectivity index (χ4n) is 1.86. The first-order chi connectivity index (χ1) is 10.2. The van der Waals surface area contributed by atoms with Crippen LogP contribution < -0.4 is 15.8 Å². The Labute approximate surface area is 124 Å². The van der Waals surface area contributed by atoms with Gasteiger partial charge in [-0.15, -0.1) is 0 Å². The van der Waals surface area contributed by atoms with E-state index in [1.54, 1.807) is 36.5 Å². The van der Waals surface area contributed by atoms with E-state index in [9.17, 15) is 4.79 Å². The van der Waals surface area contributed by atoms with Gasteiger partial charge >= 0.3 is 0 Å². The number of methoxy groups -OCH3 is 1. The van der Waals surface area contributed by atoms with Crippen LogP contribution in [0.4, 0.5) is 10.8 Å². The van der Waals surface area contributed by atoms with Crippen molar-refractivity contribution >= 4 is 38.3 Å². The number of fused-ring (bicyclic) bond motifs is 1. The van der Waals surface area contributed by atoms with Crippen molar-refractivity contribution in [2.24, 2.45) is 0 Å². The molecule has 0 aliphatic rings. The third kappa shape index (κ3) is 2.77. The maximum absolute atomic E-state index is 12.2. The molecule has 0 unspecified atom stereocenters. The Morgan fingerprint density at radius 2 is 2.19 bits per heavy atom. The molecule has 3 rings (SSSR count). The smallest absolute Gasteiger partial charge is 0.255 e. The minimum atomic E-state index is -0.212. The van der Waals surface area contributed by atoms with Gasteiger partial charge in [-0.3, -0.25) is 4.79 Å². The van der Waals surface area contributed by atoms with E-state index in [-0.39, 0.29) is 5.91 Å². The van der Waals surface area contributed by atoms with Crippen LogP contribution in [0.25, 0.3) is 10.2 Å². The normalized spacial score (nSPS) is 10.5. The fraction of sp³-hybridized carbons (Fsp3) is 0.0714. The molecule has 3 N–H and O–H groups in total. The molecule has 2 aromatic heterocycles. The number of carbonyl (C=O) groups is 1. The lowest BCUT2D eigenvalue weighted by Gasteiger charge is -2.05. The lowest BCUT2D eigenvalue weighted by molar-refractivity contribution is 0.102. The van der Waals surface area contributed by atoms with Crippen molar-refractivity contribution in [3.05, 3.63) is 42.1 Å². The number of benzene rings is 1. The lowest BCUT2D eigenvalue weighted by atomic mass is 10.2. The number of thiazole rings is 1. The van der Waals surface area contributed by atoms with E-state index >= 15 is 0 Å². The van der Waals surface area contributed by atoms with Gasteiger partial charge in [-0.05, 0) is 24.3 Å². The molecule has 0 saturated carbocycles. The van der Waals surface area contributed by atoms with Gasteiger partial charge in [0.25, 0.3) is 5.91 Å². The summed E-state index contributed by atoms with van der Waals surface area (Å²) in [6.07, 6.45) is 1.54. The number of ether oxygens (including phenoxy) is 1. The van der Waals surface area contributed by atoms with E-state index in [1.165, 1.54) is 18.4 Å². The highest BCUT2D eigenvalue weighted by molar-refractivity contribution is 7.22. The maximum Gasteiger partial charge on any atom is 0.255 e. The van der Waals surface area contributed by atoms with Gasteiger partial charge in [0.1, 0.15) is 0 Å². The van der Waals surface area contributed by atoms with E-state index in [0.29, 0.717) is 22.3 Å². The predicted octanol–water partition coefficient (Wildman–Crippen LogP) is 2.53. The summed E-state index contributed by atoms with van der Waals surface area (Å²) in [6, 6.07) is 8.68. The highest BCUT2D eigenvalue weighted by atomic mass is 32.1. The zero-order chi connectivity index (χ0) is 14.8.